The van der Waals surface area contributed by atoms with Crippen molar-refractivity contribution in [1.29, 1.82) is 0 Å². The van der Waals surface area contributed by atoms with Gasteiger partial charge in [0.2, 0.25) is 0 Å². The lowest BCUT2D eigenvalue weighted by Gasteiger charge is -2.31. The third-order valence-corrected chi connectivity index (χ3v) is 10.9. The molecule has 1 aliphatic rings. The van der Waals surface area contributed by atoms with Crippen molar-refractivity contribution < 1.29 is 52.3 Å². The minimum Gasteiger partial charge on any atom is -0.461 e. The van der Waals surface area contributed by atoms with Crippen LogP contribution in [0, 0.1) is 53.3 Å². The summed E-state index contributed by atoms with van der Waals surface area (Å²) in [5, 5.41) is 0. The van der Waals surface area contributed by atoms with Crippen LogP contribution in [0.4, 0.5) is 4.79 Å². The average molecular weight is 960 g/mol. The number of unbranched alkanes of at least 4 members (excludes halogenated alkanes) is 7. The molecule has 0 bridgehead atoms. The molecule has 1 aromatic carbocycles. The van der Waals surface area contributed by atoms with Crippen molar-refractivity contribution in [3.8, 4) is 47.4 Å². The predicted octanol–water partition coefficient (Wildman–Crippen LogP) is 11.4. The largest absolute Gasteiger partial charge is 0.508 e. The van der Waals surface area contributed by atoms with Crippen LogP contribution in [-0.4, -0.2) is 88.2 Å². The Morgan fingerprint density at radius 1 is 0.536 bits per heavy atom. The summed E-state index contributed by atoms with van der Waals surface area (Å²) in [7, 11) is 0. The van der Waals surface area contributed by atoms with Gasteiger partial charge < -0.3 is 42.8 Å². The number of likely N-dealkylation sites (tertiary alicyclic amines) is 1. The van der Waals surface area contributed by atoms with Gasteiger partial charge in [0.1, 0.15) is 19.8 Å². The summed E-state index contributed by atoms with van der Waals surface area (Å²) in [6, 6.07) is 5.40. The van der Waals surface area contributed by atoms with Gasteiger partial charge in [-0.1, -0.05) is 53.9 Å². The van der Waals surface area contributed by atoms with Crippen molar-refractivity contribution in [2.45, 2.75) is 202 Å². The number of nitrogens with zero attached hydrogens (tertiary/aromatic N) is 1. The second-order valence-electron chi connectivity index (χ2n) is 17.1. The number of hydrogen-bond donors (Lipinski definition) is 0. The fourth-order valence-corrected chi connectivity index (χ4v) is 7.00. The molecule has 0 saturated carbocycles. The van der Waals surface area contributed by atoms with E-state index in [9.17, 15) is 14.4 Å². The van der Waals surface area contributed by atoms with Crippen LogP contribution in [0.1, 0.15) is 186 Å². The van der Waals surface area contributed by atoms with E-state index in [1.165, 1.54) is 0 Å². The summed E-state index contributed by atoms with van der Waals surface area (Å²) >= 11 is 0. The molecule has 0 radical (unpaired) electrons. The van der Waals surface area contributed by atoms with Crippen molar-refractivity contribution in [1.82, 2.24) is 4.90 Å². The van der Waals surface area contributed by atoms with Gasteiger partial charge in [-0.25, -0.2) is 4.79 Å². The van der Waals surface area contributed by atoms with Gasteiger partial charge >= 0.3 is 18.1 Å². The molecule has 12 heteroatoms. The summed E-state index contributed by atoms with van der Waals surface area (Å²) < 4.78 is 46.4. The van der Waals surface area contributed by atoms with Crippen LogP contribution in [-0.2, 0) is 67.3 Å². The van der Waals surface area contributed by atoms with Gasteiger partial charge in [0.25, 0.3) is 0 Å². The Kier molecular flexibility index (Phi) is 37.2. The van der Waals surface area contributed by atoms with E-state index in [2.05, 4.69) is 86.9 Å². The maximum absolute atomic E-state index is 13.1. The lowest BCUT2D eigenvalue weighted by molar-refractivity contribution is -0.158. The number of piperidine rings is 1. The minimum atomic E-state index is -0.755. The first-order chi connectivity index (χ1) is 33.8. The van der Waals surface area contributed by atoms with Crippen molar-refractivity contribution in [2.24, 2.45) is 5.92 Å². The van der Waals surface area contributed by atoms with Crippen molar-refractivity contribution in [3.05, 3.63) is 34.9 Å². The second kappa shape index (κ2) is 42.4. The summed E-state index contributed by atoms with van der Waals surface area (Å²) in [6.45, 7) is 15.2. The van der Waals surface area contributed by atoms with Crippen LogP contribution in [0.15, 0.2) is 18.2 Å². The highest BCUT2D eigenvalue weighted by atomic mass is 16.7. The van der Waals surface area contributed by atoms with Crippen LogP contribution in [0.25, 0.3) is 0 Å². The van der Waals surface area contributed by atoms with E-state index < -0.39 is 30.7 Å². The van der Waals surface area contributed by atoms with E-state index in [1.807, 2.05) is 0 Å². The number of carbonyl (C=O) groups excluding carboxylic acids is 3. The Morgan fingerprint density at radius 2 is 0.942 bits per heavy atom. The molecular weight excluding hydrogens is 875 g/mol. The van der Waals surface area contributed by atoms with E-state index >= 15 is 0 Å². The standard InChI is InChI=1S/C57H85NO11/c1-6-11-15-19-23-27-38-63-55(62-37-26-22-18-14-9-4)34-32-53(59)66-46-50-41-51(43-52(42-50)48-69-57(61)68-45-49-31-30-36-58(10-5)44-49)47-67-54(60)33-35-56(64-39-28-24-20-16-12-7-2)65-40-29-25-21-17-13-8-3/h41-43,49,55-56H,6-17,26-40,44-48H2,1-5H3. The van der Waals surface area contributed by atoms with Crippen LogP contribution >= 0.6 is 0 Å². The van der Waals surface area contributed by atoms with Gasteiger partial charge in [0, 0.05) is 76.7 Å². The first-order valence-corrected chi connectivity index (χ1v) is 26.0. The van der Waals surface area contributed by atoms with E-state index in [0.717, 1.165) is 103 Å². The molecule has 69 heavy (non-hydrogen) atoms. The predicted molar refractivity (Wildman–Crippen MR) is 270 cm³/mol. The Morgan fingerprint density at radius 3 is 1.35 bits per heavy atom. The number of ether oxygens (including phenoxy) is 8. The highest BCUT2D eigenvalue weighted by Gasteiger charge is 2.21. The summed E-state index contributed by atoms with van der Waals surface area (Å²) in [6.07, 6.45) is 14.1. The molecule has 0 spiro atoms. The molecule has 0 N–H and O–H groups in total. The lowest BCUT2D eigenvalue weighted by Crippen LogP contribution is -2.37. The second-order valence-corrected chi connectivity index (χ2v) is 17.1. The van der Waals surface area contributed by atoms with Gasteiger partial charge in [-0.05, 0) is 86.5 Å². The molecule has 2 rings (SSSR count). The fraction of sp³-hybridized carbons (Fsp3) is 0.702. The third-order valence-electron chi connectivity index (χ3n) is 10.9. The molecule has 12 nitrogen and oxygen atoms in total. The smallest absolute Gasteiger partial charge is 0.461 e. The molecule has 0 amide bonds. The number of esters is 2. The maximum atomic E-state index is 13.1. The summed E-state index contributed by atoms with van der Waals surface area (Å²) in [5.74, 6) is 24.6. The van der Waals surface area contributed by atoms with Crippen molar-refractivity contribution in [2.75, 3.05) is 52.7 Å². The maximum Gasteiger partial charge on any atom is 0.508 e. The van der Waals surface area contributed by atoms with Gasteiger partial charge in [-0.3, -0.25) is 9.59 Å². The third kappa shape index (κ3) is 33.6. The normalized spacial score (nSPS) is 13.6. The van der Waals surface area contributed by atoms with Gasteiger partial charge in [-0.15, -0.1) is 47.4 Å². The highest BCUT2D eigenvalue weighted by Crippen LogP contribution is 2.19. The molecule has 1 saturated heterocycles. The highest BCUT2D eigenvalue weighted by molar-refractivity contribution is 5.69. The number of hydrogen-bond acceptors (Lipinski definition) is 12. The zero-order valence-electron chi connectivity index (χ0n) is 43.0. The van der Waals surface area contributed by atoms with Crippen LogP contribution in [0.2, 0.25) is 0 Å². The van der Waals surface area contributed by atoms with Gasteiger partial charge in [0.05, 0.1) is 45.9 Å². The number of carbonyl (C=O) groups is 3. The minimum absolute atomic E-state index is 0.0527. The van der Waals surface area contributed by atoms with E-state index in [1.54, 1.807) is 18.2 Å². The Bertz CT molecular complexity index is 1770. The molecule has 0 aliphatic carbocycles. The first kappa shape index (κ1) is 60.6. The lowest BCUT2D eigenvalue weighted by atomic mass is 9.99. The molecular formula is C57H85NO11. The molecule has 1 heterocycles. The topological polar surface area (TPSA) is 128 Å². The van der Waals surface area contributed by atoms with Crippen LogP contribution in [0.3, 0.4) is 0 Å². The summed E-state index contributed by atoms with van der Waals surface area (Å²) in [5.41, 5.74) is 1.90. The Balaban J connectivity index is 2.08. The molecule has 0 aromatic heterocycles. The monoisotopic (exact) mass is 960 g/mol. The molecule has 1 aromatic rings. The van der Waals surface area contributed by atoms with Gasteiger partial charge in [0.15, 0.2) is 12.6 Å². The quantitative estimate of drug-likeness (QED) is 0.0214. The molecule has 2 atom stereocenters. The van der Waals surface area contributed by atoms with Crippen LogP contribution in [0.5, 0.6) is 0 Å². The van der Waals surface area contributed by atoms with Crippen molar-refractivity contribution >= 4 is 18.1 Å². The zero-order valence-corrected chi connectivity index (χ0v) is 43.0. The fourth-order valence-electron chi connectivity index (χ4n) is 7.00. The molecule has 1 fully saturated rings. The number of rotatable bonds is 34. The Labute approximate surface area is 416 Å². The van der Waals surface area contributed by atoms with Crippen molar-refractivity contribution in [3.63, 3.8) is 0 Å². The first-order valence-electron chi connectivity index (χ1n) is 26.0. The molecule has 1 aliphatic heterocycles. The van der Waals surface area contributed by atoms with Crippen LogP contribution < -0.4 is 0 Å². The molecule has 384 valence electrons. The van der Waals surface area contributed by atoms with Gasteiger partial charge in [-0.2, -0.15) is 0 Å². The summed E-state index contributed by atoms with van der Waals surface area (Å²) in [4.78, 5) is 41.3. The van der Waals surface area contributed by atoms with E-state index in [0.29, 0.717) is 88.2 Å². The van der Waals surface area contributed by atoms with E-state index in [-0.39, 0.29) is 38.6 Å². The molecule has 2 unspecified atom stereocenters. The average Bonchev–Trinajstić information content (AvgIpc) is 3.36. The zero-order chi connectivity index (χ0) is 49.8. The SMILES string of the molecule is CCCC#CCCOC(CCC(=O)OCc1cc(COC(=O)CCC(OCCC#CCCCC)OCCC#CCCCC)cc(COC(=O)OCC2CCCN(CC)C2)c1)OCCC#CCCCC. The Hall–Kier alpha value is -4.53. The number of benzene rings is 1. The van der Waals surface area contributed by atoms with E-state index in [4.69, 9.17) is 37.9 Å².